The van der Waals surface area contributed by atoms with E-state index in [1.807, 2.05) is 0 Å². The topological polar surface area (TPSA) is 93.9 Å². The zero-order valence-corrected chi connectivity index (χ0v) is 15.4. The van der Waals surface area contributed by atoms with Crippen molar-refractivity contribution in [3.8, 4) is 0 Å². The van der Waals surface area contributed by atoms with Crippen molar-refractivity contribution in [1.82, 2.24) is 4.90 Å². The lowest BCUT2D eigenvalue weighted by molar-refractivity contribution is -0.384. The summed E-state index contributed by atoms with van der Waals surface area (Å²) < 4.78 is 9.90. The monoisotopic (exact) mass is 363 g/mol. The zero-order chi connectivity index (χ0) is 19.2. The molecule has 1 aliphatic rings. The maximum Gasteiger partial charge on any atom is 0.330 e. The number of nitro groups is 1. The Labute approximate surface area is 152 Å². The van der Waals surface area contributed by atoms with E-state index in [2.05, 4.69) is 28.8 Å². The molecule has 1 fully saturated rings. The van der Waals surface area contributed by atoms with Crippen LogP contribution in [0.5, 0.6) is 0 Å². The van der Waals surface area contributed by atoms with Crippen molar-refractivity contribution in [2.45, 2.75) is 19.4 Å². The molecule has 0 aliphatic carbocycles. The molecule has 0 amide bonds. The second kappa shape index (κ2) is 8.77. The van der Waals surface area contributed by atoms with Crippen LogP contribution < -0.4 is 5.32 Å². The SMILES string of the molecule is COC(=O)/C=C/c1ccc(NCC(C)(C)N2CCOCC2)c([N+](=O)[O-])c1. The number of hydrogen-bond acceptors (Lipinski definition) is 7. The number of nitro benzene ring substituents is 1. The van der Waals surface area contributed by atoms with E-state index >= 15 is 0 Å². The van der Waals surface area contributed by atoms with E-state index < -0.39 is 10.9 Å². The van der Waals surface area contributed by atoms with Gasteiger partial charge in [0.25, 0.3) is 5.69 Å². The fourth-order valence-corrected chi connectivity index (χ4v) is 2.78. The van der Waals surface area contributed by atoms with Crippen LogP contribution >= 0.6 is 0 Å². The first kappa shape index (κ1) is 19.9. The van der Waals surface area contributed by atoms with Crippen molar-refractivity contribution in [2.24, 2.45) is 0 Å². The largest absolute Gasteiger partial charge is 0.466 e. The molecule has 0 aromatic heterocycles. The first-order valence-corrected chi connectivity index (χ1v) is 8.44. The first-order chi connectivity index (χ1) is 12.3. The van der Waals surface area contributed by atoms with Crippen LogP contribution in [0.2, 0.25) is 0 Å². The molecule has 0 unspecified atom stereocenters. The number of carbonyl (C=O) groups is 1. The van der Waals surface area contributed by atoms with Gasteiger partial charge in [-0.15, -0.1) is 0 Å². The average molecular weight is 363 g/mol. The minimum atomic E-state index is -0.512. The fraction of sp³-hybridized carbons (Fsp3) is 0.500. The number of carbonyl (C=O) groups excluding carboxylic acids is 1. The Morgan fingerprint density at radius 1 is 1.42 bits per heavy atom. The molecule has 8 nitrogen and oxygen atoms in total. The number of anilines is 1. The summed E-state index contributed by atoms with van der Waals surface area (Å²) >= 11 is 0. The molecular formula is C18H25N3O5. The molecular weight excluding hydrogens is 338 g/mol. The zero-order valence-electron chi connectivity index (χ0n) is 15.4. The van der Waals surface area contributed by atoms with E-state index in [0.29, 0.717) is 31.0 Å². The highest BCUT2D eigenvalue weighted by molar-refractivity contribution is 5.87. The molecule has 0 spiro atoms. The lowest BCUT2D eigenvalue weighted by Gasteiger charge is -2.41. The molecule has 1 saturated heterocycles. The van der Waals surface area contributed by atoms with Gasteiger partial charge in [0, 0.05) is 37.3 Å². The number of ether oxygens (including phenoxy) is 2. The van der Waals surface area contributed by atoms with E-state index in [1.54, 1.807) is 12.1 Å². The predicted octanol–water partition coefficient (Wildman–Crippen LogP) is 2.30. The summed E-state index contributed by atoms with van der Waals surface area (Å²) in [6.45, 7) is 7.85. The van der Waals surface area contributed by atoms with E-state index in [1.165, 1.54) is 25.3 Å². The number of esters is 1. The third kappa shape index (κ3) is 5.27. The van der Waals surface area contributed by atoms with Crippen LogP contribution in [-0.2, 0) is 14.3 Å². The number of morpholine rings is 1. The molecule has 1 heterocycles. The summed E-state index contributed by atoms with van der Waals surface area (Å²) in [6.07, 6.45) is 2.72. The van der Waals surface area contributed by atoms with Gasteiger partial charge in [-0.25, -0.2) is 4.79 Å². The normalized spacial score (nSPS) is 15.8. The highest BCUT2D eigenvalue weighted by Gasteiger charge is 2.28. The third-order valence-corrected chi connectivity index (χ3v) is 4.41. The summed E-state index contributed by atoms with van der Waals surface area (Å²) in [5, 5.41) is 14.6. The van der Waals surface area contributed by atoms with E-state index in [4.69, 9.17) is 4.74 Å². The summed E-state index contributed by atoms with van der Waals surface area (Å²) in [7, 11) is 1.28. The molecule has 1 aliphatic heterocycles. The summed E-state index contributed by atoms with van der Waals surface area (Å²) in [5.74, 6) is -0.512. The summed E-state index contributed by atoms with van der Waals surface area (Å²) in [5.41, 5.74) is 0.808. The quantitative estimate of drug-likeness (QED) is 0.344. The van der Waals surface area contributed by atoms with Crippen molar-refractivity contribution in [2.75, 3.05) is 45.3 Å². The Morgan fingerprint density at radius 2 is 2.12 bits per heavy atom. The van der Waals surface area contributed by atoms with Crippen LogP contribution in [0.25, 0.3) is 6.08 Å². The Bertz CT molecular complexity index is 681. The highest BCUT2D eigenvalue weighted by Crippen LogP contribution is 2.27. The van der Waals surface area contributed by atoms with Crippen molar-refractivity contribution in [3.05, 3.63) is 40.0 Å². The summed E-state index contributed by atoms with van der Waals surface area (Å²) in [6, 6.07) is 4.81. The van der Waals surface area contributed by atoms with Crippen LogP contribution in [0.15, 0.2) is 24.3 Å². The van der Waals surface area contributed by atoms with Gasteiger partial charge in [0.1, 0.15) is 5.69 Å². The molecule has 1 aromatic rings. The van der Waals surface area contributed by atoms with Crippen molar-refractivity contribution in [3.63, 3.8) is 0 Å². The van der Waals surface area contributed by atoms with Gasteiger partial charge >= 0.3 is 5.97 Å². The highest BCUT2D eigenvalue weighted by atomic mass is 16.6. The molecule has 142 valence electrons. The summed E-state index contributed by atoms with van der Waals surface area (Å²) in [4.78, 5) is 24.5. The fourth-order valence-electron chi connectivity index (χ4n) is 2.78. The van der Waals surface area contributed by atoms with E-state index in [0.717, 1.165) is 13.1 Å². The van der Waals surface area contributed by atoms with E-state index in [-0.39, 0.29) is 11.2 Å². The van der Waals surface area contributed by atoms with E-state index in [9.17, 15) is 14.9 Å². The molecule has 1 aromatic carbocycles. The van der Waals surface area contributed by atoms with Crippen molar-refractivity contribution in [1.29, 1.82) is 0 Å². The number of benzene rings is 1. The lowest BCUT2D eigenvalue weighted by atomic mass is 10.0. The average Bonchev–Trinajstić information content (AvgIpc) is 2.65. The van der Waals surface area contributed by atoms with Gasteiger partial charge in [-0.05, 0) is 31.6 Å². The first-order valence-electron chi connectivity index (χ1n) is 8.44. The minimum absolute atomic E-state index is 0.0326. The van der Waals surface area contributed by atoms with Crippen LogP contribution in [-0.4, -0.2) is 61.3 Å². The molecule has 2 rings (SSSR count). The van der Waals surface area contributed by atoms with Gasteiger partial charge in [0.2, 0.25) is 0 Å². The number of methoxy groups -OCH3 is 1. The Balaban J connectivity index is 2.11. The minimum Gasteiger partial charge on any atom is -0.466 e. The number of nitrogens with one attached hydrogen (secondary N) is 1. The van der Waals surface area contributed by atoms with Crippen LogP contribution in [0.1, 0.15) is 19.4 Å². The molecule has 0 radical (unpaired) electrons. The van der Waals surface area contributed by atoms with Gasteiger partial charge in [-0.2, -0.15) is 0 Å². The standard InChI is InChI=1S/C18H25N3O5/c1-18(2,20-8-10-26-11-9-20)13-19-15-6-4-14(5-7-17(22)25-3)12-16(15)21(23)24/h4-7,12,19H,8-11,13H2,1-3H3/b7-5+. The maximum atomic E-state index is 11.4. The van der Waals surface area contributed by atoms with Crippen LogP contribution in [0.4, 0.5) is 11.4 Å². The lowest BCUT2D eigenvalue weighted by Crippen LogP contribution is -2.53. The maximum absolute atomic E-state index is 11.4. The molecule has 26 heavy (non-hydrogen) atoms. The smallest absolute Gasteiger partial charge is 0.330 e. The third-order valence-electron chi connectivity index (χ3n) is 4.41. The predicted molar refractivity (Wildman–Crippen MR) is 99.1 cm³/mol. The Hall–Kier alpha value is -2.45. The van der Waals surface area contributed by atoms with Crippen molar-refractivity contribution < 1.29 is 19.2 Å². The Kier molecular flexibility index (Phi) is 6.70. The molecule has 1 N–H and O–H groups in total. The number of hydrogen-bond donors (Lipinski definition) is 1. The molecule has 8 heteroatoms. The number of rotatable bonds is 7. The van der Waals surface area contributed by atoms with Gasteiger partial charge in [0.15, 0.2) is 0 Å². The van der Waals surface area contributed by atoms with Crippen molar-refractivity contribution >= 4 is 23.4 Å². The number of nitrogens with zero attached hydrogens (tertiary/aromatic N) is 2. The Morgan fingerprint density at radius 3 is 2.73 bits per heavy atom. The second-order valence-electron chi connectivity index (χ2n) is 6.66. The molecule has 0 atom stereocenters. The van der Waals surface area contributed by atoms with Gasteiger partial charge < -0.3 is 14.8 Å². The molecule has 0 bridgehead atoms. The van der Waals surface area contributed by atoms with Gasteiger partial charge in [-0.1, -0.05) is 6.07 Å². The van der Waals surface area contributed by atoms with Crippen LogP contribution in [0.3, 0.4) is 0 Å². The second-order valence-corrected chi connectivity index (χ2v) is 6.66. The van der Waals surface area contributed by atoms with Gasteiger partial charge in [0.05, 0.1) is 25.2 Å². The van der Waals surface area contributed by atoms with Crippen LogP contribution in [0, 0.1) is 10.1 Å². The molecule has 0 saturated carbocycles. The van der Waals surface area contributed by atoms with Gasteiger partial charge in [-0.3, -0.25) is 15.0 Å².